The zero-order valence-electron chi connectivity index (χ0n) is 17.0. The second-order valence-corrected chi connectivity index (χ2v) is 7.48. The molecule has 1 fully saturated rings. The molecule has 0 atom stereocenters. The van der Waals surface area contributed by atoms with Crippen LogP contribution in [0.5, 0.6) is 5.75 Å². The Labute approximate surface area is 176 Å². The van der Waals surface area contributed by atoms with Crippen LogP contribution in [0.15, 0.2) is 54.7 Å². The van der Waals surface area contributed by atoms with Gasteiger partial charge in [0.2, 0.25) is 5.91 Å². The fourth-order valence-electron chi connectivity index (χ4n) is 4.00. The standard InChI is InChI=1S/C24H24N4O2/c1-30-20-7-8-22-21(13-20)23(19(14-25)16-26-22)28-11-9-18(10-12-28)24(29)27-15-17-5-3-2-4-6-17/h2-8,13,16,18H,9-12,15H2,1H3,(H,27,29). The Kier molecular flexibility index (Phi) is 5.80. The molecule has 1 saturated heterocycles. The van der Waals surface area contributed by atoms with E-state index < -0.39 is 0 Å². The Balaban J connectivity index is 1.48. The van der Waals surface area contributed by atoms with Gasteiger partial charge >= 0.3 is 0 Å². The van der Waals surface area contributed by atoms with Crippen LogP contribution in [0.25, 0.3) is 10.9 Å². The fourth-order valence-corrected chi connectivity index (χ4v) is 4.00. The number of fused-ring (bicyclic) bond motifs is 1. The van der Waals surface area contributed by atoms with Gasteiger partial charge in [-0.3, -0.25) is 9.78 Å². The summed E-state index contributed by atoms with van der Waals surface area (Å²) in [6.07, 6.45) is 3.13. The number of rotatable bonds is 5. The van der Waals surface area contributed by atoms with Gasteiger partial charge in [-0.25, -0.2) is 0 Å². The minimum atomic E-state index is -0.0156. The van der Waals surface area contributed by atoms with Crippen molar-refractivity contribution in [2.24, 2.45) is 5.92 Å². The third kappa shape index (κ3) is 4.06. The summed E-state index contributed by atoms with van der Waals surface area (Å²) in [5.74, 6) is 0.814. The minimum Gasteiger partial charge on any atom is -0.497 e. The van der Waals surface area contributed by atoms with Crippen LogP contribution >= 0.6 is 0 Å². The molecular weight excluding hydrogens is 376 g/mol. The van der Waals surface area contributed by atoms with E-state index in [9.17, 15) is 10.1 Å². The number of nitrogens with zero attached hydrogens (tertiary/aromatic N) is 3. The van der Waals surface area contributed by atoms with E-state index in [4.69, 9.17) is 4.74 Å². The number of hydrogen-bond donors (Lipinski definition) is 1. The van der Waals surface area contributed by atoms with Gasteiger partial charge in [0.1, 0.15) is 11.8 Å². The number of benzene rings is 2. The molecule has 1 aliphatic rings. The van der Waals surface area contributed by atoms with Crippen LogP contribution in [-0.4, -0.2) is 31.1 Å². The molecule has 1 N–H and O–H groups in total. The lowest BCUT2D eigenvalue weighted by Crippen LogP contribution is -2.40. The topological polar surface area (TPSA) is 78.2 Å². The summed E-state index contributed by atoms with van der Waals surface area (Å²) >= 11 is 0. The van der Waals surface area contributed by atoms with Gasteiger partial charge in [0.25, 0.3) is 0 Å². The molecule has 6 nitrogen and oxygen atoms in total. The minimum absolute atomic E-state index is 0.0156. The van der Waals surface area contributed by atoms with Gasteiger partial charge in [-0.05, 0) is 36.6 Å². The molecular formula is C24H24N4O2. The van der Waals surface area contributed by atoms with Gasteiger partial charge in [0, 0.05) is 37.1 Å². The summed E-state index contributed by atoms with van der Waals surface area (Å²) in [6.45, 7) is 1.98. The third-order valence-corrected chi connectivity index (χ3v) is 5.66. The number of hydrogen-bond acceptors (Lipinski definition) is 5. The summed E-state index contributed by atoms with van der Waals surface area (Å²) in [6, 6.07) is 17.9. The largest absolute Gasteiger partial charge is 0.497 e. The molecule has 3 aromatic rings. The summed E-state index contributed by atoms with van der Waals surface area (Å²) in [4.78, 5) is 19.2. The number of piperidine rings is 1. The average molecular weight is 400 g/mol. The molecule has 0 bridgehead atoms. The predicted molar refractivity (Wildman–Crippen MR) is 116 cm³/mol. The van der Waals surface area contributed by atoms with Gasteiger partial charge in [-0.2, -0.15) is 5.26 Å². The number of ether oxygens (including phenoxy) is 1. The van der Waals surface area contributed by atoms with Gasteiger partial charge in [-0.15, -0.1) is 0 Å². The van der Waals surface area contributed by atoms with Crippen molar-refractivity contribution in [2.75, 3.05) is 25.1 Å². The van der Waals surface area contributed by atoms with E-state index in [1.807, 2.05) is 48.5 Å². The third-order valence-electron chi connectivity index (χ3n) is 5.66. The Morgan fingerprint density at radius 3 is 2.70 bits per heavy atom. The SMILES string of the molecule is COc1ccc2ncc(C#N)c(N3CCC(C(=O)NCc4ccccc4)CC3)c2c1. The molecule has 6 heteroatoms. The Morgan fingerprint density at radius 1 is 1.23 bits per heavy atom. The number of nitriles is 1. The first-order valence-electron chi connectivity index (χ1n) is 10.1. The van der Waals surface area contributed by atoms with Gasteiger partial charge < -0.3 is 15.0 Å². The average Bonchev–Trinajstić information content (AvgIpc) is 2.82. The van der Waals surface area contributed by atoms with E-state index in [2.05, 4.69) is 21.3 Å². The van der Waals surface area contributed by atoms with Crippen LogP contribution in [-0.2, 0) is 11.3 Å². The van der Waals surface area contributed by atoms with Crippen LogP contribution < -0.4 is 15.0 Å². The van der Waals surface area contributed by atoms with Crippen molar-refractivity contribution in [2.45, 2.75) is 19.4 Å². The Bertz CT molecular complexity index is 1080. The van der Waals surface area contributed by atoms with Crippen molar-refractivity contribution in [3.05, 3.63) is 65.9 Å². The summed E-state index contributed by atoms with van der Waals surface area (Å²) in [7, 11) is 1.63. The van der Waals surface area contributed by atoms with Gasteiger partial charge in [0.15, 0.2) is 0 Å². The molecule has 1 aromatic heterocycles. The van der Waals surface area contributed by atoms with Crippen LogP contribution in [0.1, 0.15) is 24.0 Å². The number of carbonyl (C=O) groups excluding carboxylic acids is 1. The van der Waals surface area contributed by atoms with E-state index in [0.717, 1.165) is 40.7 Å². The molecule has 30 heavy (non-hydrogen) atoms. The maximum atomic E-state index is 12.6. The molecule has 2 aromatic carbocycles. The predicted octanol–water partition coefficient (Wildman–Crippen LogP) is 3.65. The summed E-state index contributed by atoms with van der Waals surface area (Å²) in [5, 5.41) is 13.6. The molecule has 0 aliphatic carbocycles. The number of carbonyl (C=O) groups is 1. The van der Waals surface area contributed by atoms with E-state index in [-0.39, 0.29) is 11.8 Å². The molecule has 0 radical (unpaired) electrons. The fraction of sp³-hybridized carbons (Fsp3) is 0.292. The first-order valence-corrected chi connectivity index (χ1v) is 10.1. The number of anilines is 1. The molecule has 152 valence electrons. The highest BCUT2D eigenvalue weighted by Crippen LogP contribution is 2.34. The van der Waals surface area contributed by atoms with Crippen molar-refractivity contribution in [3.8, 4) is 11.8 Å². The first kappa shape index (κ1) is 19.7. The van der Waals surface area contributed by atoms with Crippen molar-refractivity contribution >= 4 is 22.5 Å². The molecule has 2 heterocycles. The number of amides is 1. The van der Waals surface area contributed by atoms with Crippen LogP contribution in [0.3, 0.4) is 0 Å². The lowest BCUT2D eigenvalue weighted by Gasteiger charge is -2.34. The summed E-state index contributed by atoms with van der Waals surface area (Å²) in [5.41, 5.74) is 3.35. The number of pyridine rings is 1. The number of methoxy groups -OCH3 is 1. The quantitative estimate of drug-likeness (QED) is 0.707. The highest BCUT2D eigenvalue weighted by atomic mass is 16.5. The van der Waals surface area contributed by atoms with Crippen LogP contribution in [0.2, 0.25) is 0 Å². The molecule has 4 rings (SSSR count). The van der Waals surface area contributed by atoms with Crippen molar-refractivity contribution in [1.29, 1.82) is 5.26 Å². The highest BCUT2D eigenvalue weighted by molar-refractivity contribution is 5.95. The monoisotopic (exact) mass is 400 g/mol. The summed E-state index contributed by atoms with van der Waals surface area (Å²) < 4.78 is 5.37. The van der Waals surface area contributed by atoms with Crippen molar-refractivity contribution in [1.82, 2.24) is 10.3 Å². The van der Waals surface area contributed by atoms with Crippen molar-refractivity contribution in [3.63, 3.8) is 0 Å². The number of aromatic nitrogens is 1. The van der Waals surface area contributed by atoms with Crippen LogP contribution in [0.4, 0.5) is 5.69 Å². The molecule has 1 aliphatic heterocycles. The van der Waals surface area contributed by atoms with E-state index >= 15 is 0 Å². The lowest BCUT2D eigenvalue weighted by molar-refractivity contribution is -0.125. The van der Waals surface area contributed by atoms with E-state index in [1.54, 1.807) is 13.3 Å². The molecule has 0 spiro atoms. The Hall–Kier alpha value is -3.59. The maximum Gasteiger partial charge on any atom is 0.223 e. The highest BCUT2D eigenvalue weighted by Gasteiger charge is 2.27. The zero-order chi connectivity index (χ0) is 20.9. The van der Waals surface area contributed by atoms with E-state index in [0.29, 0.717) is 25.2 Å². The molecule has 1 amide bonds. The lowest BCUT2D eigenvalue weighted by atomic mass is 9.94. The van der Waals surface area contributed by atoms with E-state index in [1.165, 1.54) is 0 Å². The van der Waals surface area contributed by atoms with Gasteiger partial charge in [-0.1, -0.05) is 30.3 Å². The maximum absolute atomic E-state index is 12.6. The first-order chi connectivity index (χ1) is 14.7. The molecule has 0 saturated carbocycles. The van der Waals surface area contributed by atoms with Crippen molar-refractivity contribution < 1.29 is 9.53 Å². The molecule has 0 unspecified atom stereocenters. The van der Waals surface area contributed by atoms with Crippen LogP contribution in [0, 0.1) is 17.2 Å². The number of nitrogens with one attached hydrogen (secondary N) is 1. The smallest absolute Gasteiger partial charge is 0.223 e. The second kappa shape index (κ2) is 8.83. The normalized spacial score (nSPS) is 14.3. The Morgan fingerprint density at radius 2 is 2.00 bits per heavy atom. The zero-order valence-corrected chi connectivity index (χ0v) is 17.0. The van der Waals surface area contributed by atoms with Gasteiger partial charge in [0.05, 0.1) is 23.9 Å². The second-order valence-electron chi connectivity index (χ2n) is 7.48.